The van der Waals surface area contributed by atoms with Crippen molar-refractivity contribution in [2.45, 2.75) is 19.3 Å². The third-order valence-corrected chi connectivity index (χ3v) is 3.12. The molecule has 0 aliphatic carbocycles. The number of benzene rings is 2. The summed E-state index contributed by atoms with van der Waals surface area (Å²) in [4.78, 5) is 0. The van der Waals surface area contributed by atoms with E-state index in [1.165, 1.54) is 17.2 Å². The molecule has 98 valence electrons. The molecular formula is C17H17FO. The number of phenolic OH excluding ortho intramolecular Hbond substituents is 1. The van der Waals surface area contributed by atoms with Crippen molar-refractivity contribution in [3.8, 4) is 5.75 Å². The van der Waals surface area contributed by atoms with Crippen molar-refractivity contribution in [1.29, 1.82) is 0 Å². The summed E-state index contributed by atoms with van der Waals surface area (Å²) >= 11 is 0. The average molecular weight is 256 g/mol. The van der Waals surface area contributed by atoms with Gasteiger partial charge in [0.25, 0.3) is 0 Å². The molecule has 0 saturated carbocycles. The van der Waals surface area contributed by atoms with Gasteiger partial charge in [-0.3, -0.25) is 0 Å². The highest BCUT2D eigenvalue weighted by Crippen LogP contribution is 2.17. The molecule has 2 rings (SSSR count). The van der Waals surface area contributed by atoms with Gasteiger partial charge in [-0.15, -0.1) is 6.58 Å². The topological polar surface area (TPSA) is 20.2 Å². The van der Waals surface area contributed by atoms with Crippen LogP contribution in [0, 0.1) is 5.82 Å². The summed E-state index contributed by atoms with van der Waals surface area (Å²) in [7, 11) is 0. The van der Waals surface area contributed by atoms with Gasteiger partial charge in [0.2, 0.25) is 0 Å². The molecule has 1 N–H and O–H groups in total. The summed E-state index contributed by atoms with van der Waals surface area (Å²) in [6.07, 6.45) is 4.16. The van der Waals surface area contributed by atoms with Gasteiger partial charge in [0.15, 0.2) is 0 Å². The predicted molar refractivity (Wildman–Crippen MR) is 75.8 cm³/mol. The Morgan fingerprint density at radius 3 is 2.32 bits per heavy atom. The Balaban J connectivity index is 1.99. The summed E-state index contributed by atoms with van der Waals surface area (Å²) in [6.45, 7) is 3.71. The molecule has 0 unspecified atom stereocenters. The highest BCUT2D eigenvalue weighted by molar-refractivity contribution is 5.29. The Morgan fingerprint density at radius 2 is 1.68 bits per heavy atom. The standard InChI is InChI=1S/C17H17FO/c1-2-3-13-4-6-14(7-5-13)8-9-15-10-11-16(19)12-17(15)18/h2,4-7,10-12,19H,1,3,8-9H2. The van der Waals surface area contributed by atoms with E-state index in [-0.39, 0.29) is 11.6 Å². The van der Waals surface area contributed by atoms with E-state index >= 15 is 0 Å². The van der Waals surface area contributed by atoms with E-state index in [1.54, 1.807) is 6.07 Å². The van der Waals surface area contributed by atoms with E-state index in [0.29, 0.717) is 12.0 Å². The quantitative estimate of drug-likeness (QED) is 0.800. The fourth-order valence-corrected chi connectivity index (χ4v) is 2.03. The molecule has 0 fully saturated rings. The van der Waals surface area contributed by atoms with Gasteiger partial charge >= 0.3 is 0 Å². The zero-order chi connectivity index (χ0) is 13.7. The van der Waals surface area contributed by atoms with Crippen molar-refractivity contribution in [2.75, 3.05) is 0 Å². The number of allylic oxidation sites excluding steroid dienone is 1. The van der Waals surface area contributed by atoms with E-state index in [0.717, 1.165) is 18.9 Å². The zero-order valence-electron chi connectivity index (χ0n) is 10.8. The molecule has 0 aromatic heterocycles. The van der Waals surface area contributed by atoms with Crippen LogP contribution < -0.4 is 0 Å². The normalized spacial score (nSPS) is 10.4. The summed E-state index contributed by atoms with van der Waals surface area (Å²) in [5.41, 5.74) is 3.04. The fraction of sp³-hybridized carbons (Fsp3) is 0.176. The molecule has 1 nitrogen and oxygen atoms in total. The van der Waals surface area contributed by atoms with Crippen molar-refractivity contribution in [2.24, 2.45) is 0 Å². The Hall–Kier alpha value is -2.09. The predicted octanol–water partition coefficient (Wildman–Crippen LogP) is 4.05. The molecule has 0 aliphatic heterocycles. The second-order valence-electron chi connectivity index (χ2n) is 4.59. The number of aromatic hydroxyl groups is 1. The Labute approximate surface area is 113 Å². The van der Waals surface area contributed by atoms with Gasteiger partial charge in [-0.25, -0.2) is 4.39 Å². The SMILES string of the molecule is C=CCc1ccc(CCc2ccc(O)cc2F)cc1. The van der Waals surface area contributed by atoms with E-state index in [1.807, 2.05) is 6.08 Å². The van der Waals surface area contributed by atoms with Crippen LogP contribution in [0.25, 0.3) is 0 Å². The summed E-state index contributed by atoms with van der Waals surface area (Å²) in [5.74, 6) is -0.377. The summed E-state index contributed by atoms with van der Waals surface area (Å²) in [6, 6.07) is 12.6. The van der Waals surface area contributed by atoms with Crippen LogP contribution in [0.1, 0.15) is 16.7 Å². The van der Waals surface area contributed by atoms with Gasteiger partial charge in [-0.2, -0.15) is 0 Å². The Bertz CT molecular complexity index is 558. The van der Waals surface area contributed by atoms with Crippen LogP contribution in [0.5, 0.6) is 5.75 Å². The van der Waals surface area contributed by atoms with Gasteiger partial charge in [0, 0.05) is 6.07 Å². The third-order valence-electron chi connectivity index (χ3n) is 3.12. The van der Waals surface area contributed by atoms with Crippen molar-refractivity contribution in [3.05, 3.63) is 77.6 Å². The molecule has 2 aromatic carbocycles. The number of halogens is 1. The molecular weight excluding hydrogens is 239 g/mol. The van der Waals surface area contributed by atoms with Crippen LogP contribution in [0.3, 0.4) is 0 Å². The number of hydrogen-bond donors (Lipinski definition) is 1. The first-order chi connectivity index (χ1) is 9.19. The highest BCUT2D eigenvalue weighted by atomic mass is 19.1. The third kappa shape index (κ3) is 3.68. The van der Waals surface area contributed by atoms with E-state index in [2.05, 4.69) is 30.8 Å². The van der Waals surface area contributed by atoms with Crippen LogP contribution in [0.4, 0.5) is 4.39 Å². The smallest absolute Gasteiger partial charge is 0.130 e. The molecule has 0 heterocycles. The zero-order valence-corrected chi connectivity index (χ0v) is 10.8. The second-order valence-corrected chi connectivity index (χ2v) is 4.59. The second kappa shape index (κ2) is 6.19. The van der Waals surface area contributed by atoms with Crippen LogP contribution in [-0.2, 0) is 19.3 Å². The molecule has 19 heavy (non-hydrogen) atoms. The lowest BCUT2D eigenvalue weighted by Crippen LogP contribution is -1.95. The maximum atomic E-state index is 13.5. The minimum absolute atomic E-state index is 0.0324. The van der Waals surface area contributed by atoms with E-state index < -0.39 is 0 Å². The molecule has 0 radical (unpaired) electrons. The Kier molecular flexibility index (Phi) is 4.35. The lowest BCUT2D eigenvalue weighted by Gasteiger charge is -2.05. The molecule has 0 spiro atoms. The van der Waals surface area contributed by atoms with Crippen molar-refractivity contribution < 1.29 is 9.50 Å². The van der Waals surface area contributed by atoms with Gasteiger partial charge in [0.1, 0.15) is 11.6 Å². The molecule has 0 saturated heterocycles. The lowest BCUT2D eigenvalue weighted by atomic mass is 10.0. The first-order valence-electron chi connectivity index (χ1n) is 6.35. The Morgan fingerprint density at radius 1 is 1.00 bits per heavy atom. The molecule has 0 aliphatic rings. The molecule has 0 amide bonds. The van der Waals surface area contributed by atoms with Crippen molar-refractivity contribution in [1.82, 2.24) is 0 Å². The number of phenols is 1. The minimum atomic E-state index is -0.344. The highest BCUT2D eigenvalue weighted by Gasteiger charge is 2.03. The van der Waals surface area contributed by atoms with E-state index in [9.17, 15) is 4.39 Å². The largest absolute Gasteiger partial charge is 0.508 e. The molecule has 2 aromatic rings. The van der Waals surface area contributed by atoms with Crippen LogP contribution in [-0.4, -0.2) is 5.11 Å². The number of aryl methyl sites for hydroxylation is 2. The van der Waals surface area contributed by atoms with Gasteiger partial charge < -0.3 is 5.11 Å². The lowest BCUT2D eigenvalue weighted by molar-refractivity contribution is 0.468. The maximum absolute atomic E-state index is 13.5. The first-order valence-corrected chi connectivity index (χ1v) is 6.35. The van der Waals surface area contributed by atoms with Crippen LogP contribution in [0.15, 0.2) is 55.1 Å². The molecule has 0 atom stereocenters. The van der Waals surface area contributed by atoms with Crippen LogP contribution >= 0.6 is 0 Å². The van der Waals surface area contributed by atoms with Gasteiger partial charge in [0.05, 0.1) is 0 Å². The molecule has 2 heteroatoms. The maximum Gasteiger partial charge on any atom is 0.130 e. The van der Waals surface area contributed by atoms with E-state index in [4.69, 9.17) is 5.11 Å². The van der Waals surface area contributed by atoms with Gasteiger partial charge in [-0.05, 0) is 42.0 Å². The molecule has 0 bridgehead atoms. The number of hydrogen-bond acceptors (Lipinski definition) is 1. The summed E-state index contributed by atoms with van der Waals surface area (Å²) in [5, 5.41) is 9.16. The van der Waals surface area contributed by atoms with Gasteiger partial charge in [-0.1, -0.05) is 36.4 Å². The first kappa shape index (κ1) is 13.3. The van der Waals surface area contributed by atoms with Crippen LogP contribution in [0.2, 0.25) is 0 Å². The fourth-order valence-electron chi connectivity index (χ4n) is 2.03. The average Bonchev–Trinajstić information content (AvgIpc) is 2.40. The number of rotatable bonds is 5. The summed E-state index contributed by atoms with van der Waals surface area (Å²) < 4.78 is 13.5. The van der Waals surface area contributed by atoms with Crippen molar-refractivity contribution >= 4 is 0 Å². The monoisotopic (exact) mass is 256 g/mol. The van der Waals surface area contributed by atoms with Crippen molar-refractivity contribution in [3.63, 3.8) is 0 Å². The minimum Gasteiger partial charge on any atom is -0.508 e.